The fourth-order valence-corrected chi connectivity index (χ4v) is 7.72. The average molecular weight is 675 g/mol. The Balaban J connectivity index is 1.15. The summed E-state index contributed by atoms with van der Waals surface area (Å²) in [5.74, 6) is -0.728. The number of pyridine rings is 1. The number of carbonyl (C=O) groups is 2. The zero-order valence-electron chi connectivity index (χ0n) is 25.7. The SMILES string of the molecule is O=C(Cc1c(F)cccc1Cl)Nc1cc(C(=O)N2CCN(c3ccccc3Cl)CC2)ccc1N1CC2CC(C1)c1cccc(=O)n1C2. The van der Waals surface area contributed by atoms with E-state index in [9.17, 15) is 18.8 Å². The lowest BCUT2D eigenvalue weighted by Crippen LogP contribution is -2.49. The number of anilines is 3. The second-order valence-corrected chi connectivity index (χ2v) is 13.3. The van der Waals surface area contributed by atoms with Crippen molar-refractivity contribution in [2.75, 3.05) is 54.4 Å². The largest absolute Gasteiger partial charge is 0.369 e. The molecule has 2 unspecified atom stereocenters. The molecule has 1 aromatic heterocycles. The van der Waals surface area contributed by atoms with E-state index in [1.165, 1.54) is 12.1 Å². The molecule has 3 aliphatic rings. The summed E-state index contributed by atoms with van der Waals surface area (Å²) in [4.78, 5) is 46.0. The summed E-state index contributed by atoms with van der Waals surface area (Å²) in [5.41, 5.74) is 3.80. The maximum absolute atomic E-state index is 14.6. The molecule has 2 bridgehead atoms. The highest BCUT2D eigenvalue weighted by Gasteiger charge is 2.35. The number of aromatic nitrogens is 1. The standard InChI is InChI=1S/C36H34Cl2FN5O3/c37-27-6-3-7-29(39)26(27)19-34(45)40-30-18-24(36(47)42-15-13-41(14-16-42)32-8-2-1-5-28(32)38)11-12-33(30)43-20-23-17-25(22-43)31-9-4-10-35(46)44(31)21-23/h1-12,18,23,25H,13-17,19-22H2,(H,40,45). The van der Waals surface area contributed by atoms with Gasteiger partial charge in [-0.05, 0) is 60.9 Å². The van der Waals surface area contributed by atoms with Crippen LogP contribution in [0.3, 0.4) is 0 Å². The molecule has 7 rings (SSSR count). The van der Waals surface area contributed by atoms with Crippen LogP contribution >= 0.6 is 23.2 Å². The Labute approximate surface area is 282 Å². The van der Waals surface area contributed by atoms with Gasteiger partial charge in [-0.1, -0.05) is 47.5 Å². The number of nitrogens with one attached hydrogen (secondary N) is 1. The van der Waals surface area contributed by atoms with Crippen LogP contribution in [0, 0.1) is 11.7 Å². The summed E-state index contributed by atoms with van der Waals surface area (Å²) in [6, 6.07) is 22.9. The van der Waals surface area contributed by atoms with Gasteiger partial charge in [0.05, 0.1) is 28.5 Å². The number of nitrogens with zero attached hydrogens (tertiary/aromatic N) is 4. The van der Waals surface area contributed by atoms with Crippen LogP contribution in [0.1, 0.15) is 34.0 Å². The van der Waals surface area contributed by atoms with E-state index in [4.69, 9.17) is 23.2 Å². The Morgan fingerprint density at radius 1 is 0.809 bits per heavy atom. The second-order valence-electron chi connectivity index (χ2n) is 12.5. The highest BCUT2D eigenvalue weighted by Crippen LogP contribution is 2.39. The summed E-state index contributed by atoms with van der Waals surface area (Å²) >= 11 is 12.7. The van der Waals surface area contributed by atoms with Crippen LogP contribution in [0.25, 0.3) is 0 Å². The Morgan fingerprint density at radius 2 is 1.57 bits per heavy atom. The number of halogens is 3. The molecular weight excluding hydrogens is 640 g/mol. The minimum atomic E-state index is -0.550. The molecule has 0 aliphatic carbocycles. The molecule has 11 heteroatoms. The molecule has 2 saturated heterocycles. The molecule has 4 aromatic rings. The van der Waals surface area contributed by atoms with E-state index in [2.05, 4.69) is 15.1 Å². The smallest absolute Gasteiger partial charge is 0.254 e. The van der Waals surface area contributed by atoms with Gasteiger partial charge in [0.1, 0.15) is 5.82 Å². The minimum absolute atomic E-state index is 0.0148. The molecule has 8 nitrogen and oxygen atoms in total. The summed E-state index contributed by atoms with van der Waals surface area (Å²) in [7, 11) is 0. The molecule has 0 radical (unpaired) electrons. The van der Waals surface area contributed by atoms with E-state index in [0.717, 1.165) is 23.5 Å². The minimum Gasteiger partial charge on any atom is -0.369 e. The molecular formula is C36H34Cl2FN5O3. The van der Waals surface area contributed by atoms with Gasteiger partial charge >= 0.3 is 0 Å². The van der Waals surface area contributed by atoms with Crippen LogP contribution < -0.4 is 20.7 Å². The number of hydrogen-bond acceptors (Lipinski definition) is 5. The third-order valence-electron chi connectivity index (χ3n) is 9.50. The van der Waals surface area contributed by atoms with Crippen molar-refractivity contribution in [1.82, 2.24) is 9.47 Å². The molecule has 3 aliphatic heterocycles. The Bertz CT molecular complexity index is 1890. The lowest BCUT2D eigenvalue weighted by Gasteiger charge is -2.44. The molecule has 47 heavy (non-hydrogen) atoms. The van der Waals surface area contributed by atoms with E-state index < -0.39 is 11.7 Å². The number of piperidine rings is 1. The lowest BCUT2D eigenvalue weighted by atomic mass is 9.83. The highest BCUT2D eigenvalue weighted by atomic mass is 35.5. The van der Waals surface area contributed by atoms with E-state index >= 15 is 0 Å². The van der Waals surface area contributed by atoms with E-state index in [1.54, 1.807) is 18.2 Å². The van der Waals surface area contributed by atoms with Crippen molar-refractivity contribution < 1.29 is 14.0 Å². The monoisotopic (exact) mass is 673 g/mol. The van der Waals surface area contributed by atoms with Crippen LogP contribution in [0.5, 0.6) is 0 Å². The summed E-state index contributed by atoms with van der Waals surface area (Å²) < 4.78 is 16.5. The fraction of sp³-hybridized carbons (Fsp3) is 0.306. The van der Waals surface area contributed by atoms with Crippen molar-refractivity contribution in [3.63, 3.8) is 0 Å². The van der Waals surface area contributed by atoms with Gasteiger partial charge in [-0.3, -0.25) is 14.4 Å². The number of rotatable bonds is 6. The van der Waals surface area contributed by atoms with Gasteiger partial charge in [0.25, 0.3) is 11.5 Å². The summed E-state index contributed by atoms with van der Waals surface area (Å²) in [6.45, 7) is 4.30. The molecule has 242 valence electrons. The van der Waals surface area contributed by atoms with Gasteiger partial charge in [0.15, 0.2) is 0 Å². The predicted octanol–water partition coefficient (Wildman–Crippen LogP) is 6.06. The van der Waals surface area contributed by atoms with Crippen molar-refractivity contribution in [2.24, 2.45) is 5.92 Å². The summed E-state index contributed by atoms with van der Waals surface area (Å²) in [5, 5.41) is 3.84. The predicted molar refractivity (Wildman–Crippen MR) is 184 cm³/mol. The van der Waals surface area contributed by atoms with Gasteiger partial charge in [0.2, 0.25) is 5.91 Å². The molecule has 0 saturated carbocycles. The van der Waals surface area contributed by atoms with Crippen LogP contribution in [-0.4, -0.2) is 60.5 Å². The number of hydrogen-bond donors (Lipinski definition) is 1. The maximum atomic E-state index is 14.6. The normalized spacial score (nSPS) is 18.9. The van der Waals surface area contributed by atoms with Gasteiger partial charge < -0.3 is 24.6 Å². The number of para-hydroxylation sites is 1. The Morgan fingerprint density at radius 3 is 2.36 bits per heavy atom. The van der Waals surface area contributed by atoms with Gasteiger partial charge in [-0.25, -0.2) is 4.39 Å². The number of fused-ring (bicyclic) bond motifs is 4. The zero-order valence-corrected chi connectivity index (χ0v) is 27.2. The van der Waals surface area contributed by atoms with Crippen LogP contribution in [0.2, 0.25) is 10.0 Å². The second kappa shape index (κ2) is 13.0. The van der Waals surface area contributed by atoms with Crippen molar-refractivity contribution >= 4 is 52.1 Å². The van der Waals surface area contributed by atoms with Crippen molar-refractivity contribution in [3.05, 3.63) is 122 Å². The zero-order chi connectivity index (χ0) is 32.7. The number of amides is 2. The first-order valence-electron chi connectivity index (χ1n) is 15.9. The maximum Gasteiger partial charge on any atom is 0.254 e. The van der Waals surface area contributed by atoms with Crippen LogP contribution in [-0.2, 0) is 17.8 Å². The Kier molecular flexibility index (Phi) is 8.68. The third-order valence-corrected chi connectivity index (χ3v) is 10.2. The number of piperazine rings is 1. The highest BCUT2D eigenvalue weighted by molar-refractivity contribution is 6.33. The van der Waals surface area contributed by atoms with Gasteiger partial charge in [-0.15, -0.1) is 0 Å². The third kappa shape index (κ3) is 6.34. The van der Waals surface area contributed by atoms with Gasteiger partial charge in [0, 0.05) is 79.6 Å². The number of carbonyl (C=O) groups excluding carboxylic acids is 2. The van der Waals surface area contributed by atoms with Crippen LogP contribution in [0.15, 0.2) is 83.7 Å². The van der Waals surface area contributed by atoms with E-state index in [0.29, 0.717) is 62.1 Å². The Hall–Kier alpha value is -4.34. The first-order valence-corrected chi connectivity index (χ1v) is 16.6. The molecule has 1 N–H and O–H groups in total. The average Bonchev–Trinajstić information content (AvgIpc) is 3.07. The van der Waals surface area contributed by atoms with E-state index in [-0.39, 0.29) is 40.3 Å². The summed E-state index contributed by atoms with van der Waals surface area (Å²) in [6.07, 6.45) is 0.721. The fourth-order valence-electron chi connectivity index (χ4n) is 7.24. The van der Waals surface area contributed by atoms with Crippen molar-refractivity contribution in [1.29, 1.82) is 0 Å². The number of benzene rings is 3. The first-order chi connectivity index (χ1) is 22.7. The quantitative estimate of drug-likeness (QED) is 0.269. The van der Waals surface area contributed by atoms with Crippen LogP contribution in [0.4, 0.5) is 21.5 Å². The topological polar surface area (TPSA) is 77.9 Å². The molecule has 0 spiro atoms. The first kappa shape index (κ1) is 31.3. The molecule has 2 amide bonds. The van der Waals surface area contributed by atoms with E-state index in [1.807, 2.05) is 58.0 Å². The van der Waals surface area contributed by atoms with Gasteiger partial charge in [-0.2, -0.15) is 0 Å². The molecule has 2 atom stereocenters. The van der Waals surface area contributed by atoms with Crippen molar-refractivity contribution in [2.45, 2.75) is 25.3 Å². The lowest BCUT2D eigenvalue weighted by molar-refractivity contribution is -0.115. The molecule has 2 fully saturated rings. The van der Waals surface area contributed by atoms with Crippen molar-refractivity contribution in [3.8, 4) is 0 Å². The molecule has 4 heterocycles. The molecule has 3 aromatic carbocycles.